The van der Waals surface area contributed by atoms with E-state index in [4.69, 9.17) is 9.47 Å². The van der Waals surface area contributed by atoms with Gasteiger partial charge in [-0.15, -0.1) is 0 Å². The summed E-state index contributed by atoms with van der Waals surface area (Å²) in [5.74, 6) is 0.590. The van der Waals surface area contributed by atoms with Crippen LogP contribution in [-0.2, 0) is 14.8 Å². The highest BCUT2D eigenvalue weighted by Gasteiger charge is 2.38. The number of ether oxygens (including phenoxy) is 2. The van der Waals surface area contributed by atoms with Gasteiger partial charge in [-0.1, -0.05) is 6.07 Å². The van der Waals surface area contributed by atoms with Gasteiger partial charge >= 0.3 is 0 Å². The van der Waals surface area contributed by atoms with Gasteiger partial charge in [0, 0.05) is 31.6 Å². The van der Waals surface area contributed by atoms with Gasteiger partial charge < -0.3 is 9.47 Å². The summed E-state index contributed by atoms with van der Waals surface area (Å²) in [4.78, 5) is 2.46. The summed E-state index contributed by atoms with van der Waals surface area (Å²) in [6.45, 7) is 4.87. The Morgan fingerprint density at radius 3 is 2.74 bits per heavy atom. The number of fused-ring (bicyclic) bond motifs is 3. The summed E-state index contributed by atoms with van der Waals surface area (Å²) in [6, 6.07) is 5.36. The number of rotatable bonds is 3. The van der Waals surface area contributed by atoms with Crippen molar-refractivity contribution >= 4 is 10.0 Å². The second kappa shape index (κ2) is 6.39. The quantitative estimate of drug-likeness (QED) is 0.820. The first-order valence-corrected chi connectivity index (χ1v) is 9.28. The largest absolute Gasteiger partial charge is 0.495 e. The maximum absolute atomic E-state index is 13.2. The minimum absolute atomic E-state index is 0.0908. The van der Waals surface area contributed by atoms with Crippen molar-refractivity contribution in [3.8, 4) is 5.75 Å². The predicted molar refractivity (Wildman–Crippen MR) is 87.2 cm³/mol. The number of hydrogen-bond acceptors (Lipinski definition) is 5. The fourth-order valence-corrected chi connectivity index (χ4v) is 5.12. The van der Waals surface area contributed by atoms with E-state index in [2.05, 4.69) is 4.90 Å². The lowest BCUT2D eigenvalue weighted by molar-refractivity contribution is 0.0727. The van der Waals surface area contributed by atoms with Gasteiger partial charge in [-0.25, -0.2) is 8.42 Å². The molecule has 2 atom stereocenters. The number of benzene rings is 1. The molecule has 2 heterocycles. The molecule has 0 radical (unpaired) electrons. The second-order valence-electron chi connectivity index (χ2n) is 6.47. The predicted octanol–water partition coefficient (Wildman–Crippen LogP) is 0.955. The number of nitrogens with zero attached hydrogens (tertiary/aromatic N) is 2. The zero-order valence-electron chi connectivity index (χ0n) is 13.9. The van der Waals surface area contributed by atoms with Crippen LogP contribution in [0.5, 0.6) is 5.75 Å². The normalized spacial score (nSPS) is 26.7. The van der Waals surface area contributed by atoms with Crippen molar-refractivity contribution in [2.75, 3.05) is 47.0 Å². The molecule has 0 amide bonds. The van der Waals surface area contributed by atoms with Crippen LogP contribution in [0.15, 0.2) is 23.1 Å². The summed E-state index contributed by atoms with van der Waals surface area (Å²) < 4.78 is 39.0. The smallest absolute Gasteiger partial charge is 0.246 e. The van der Waals surface area contributed by atoms with Gasteiger partial charge in [0.25, 0.3) is 0 Å². The number of hydrogen-bond donors (Lipinski definition) is 0. The van der Waals surface area contributed by atoms with Crippen molar-refractivity contribution < 1.29 is 17.9 Å². The van der Waals surface area contributed by atoms with Gasteiger partial charge in [-0.05, 0) is 31.7 Å². The molecule has 23 heavy (non-hydrogen) atoms. The molecule has 2 aliphatic heterocycles. The summed E-state index contributed by atoms with van der Waals surface area (Å²) in [5.41, 5.74) is 0.903. The summed E-state index contributed by atoms with van der Waals surface area (Å²) >= 11 is 0. The Balaban J connectivity index is 1.98. The molecule has 2 saturated heterocycles. The number of likely N-dealkylation sites (N-methyl/N-ethyl adjacent to an activating group) is 1. The Labute approximate surface area is 138 Å². The lowest BCUT2D eigenvalue weighted by Crippen LogP contribution is -2.44. The highest BCUT2D eigenvalue weighted by Crippen LogP contribution is 2.30. The molecule has 128 valence electrons. The molecule has 0 spiro atoms. The van der Waals surface area contributed by atoms with Crippen LogP contribution in [0.1, 0.15) is 5.56 Å². The van der Waals surface area contributed by atoms with Crippen molar-refractivity contribution in [2.24, 2.45) is 5.92 Å². The van der Waals surface area contributed by atoms with Crippen LogP contribution in [0.25, 0.3) is 0 Å². The monoisotopic (exact) mass is 340 g/mol. The van der Waals surface area contributed by atoms with E-state index in [1.807, 2.05) is 20.0 Å². The third-order valence-electron chi connectivity index (χ3n) is 4.65. The molecule has 0 saturated carbocycles. The van der Waals surface area contributed by atoms with E-state index in [0.29, 0.717) is 32.1 Å². The Morgan fingerprint density at radius 1 is 1.22 bits per heavy atom. The molecule has 3 rings (SSSR count). The summed E-state index contributed by atoms with van der Waals surface area (Å²) in [6.07, 6.45) is 0. The lowest BCUT2D eigenvalue weighted by atomic mass is 10.1. The fourth-order valence-electron chi connectivity index (χ4n) is 3.33. The van der Waals surface area contributed by atoms with Gasteiger partial charge in [0.15, 0.2) is 0 Å². The Kier molecular flexibility index (Phi) is 4.64. The van der Waals surface area contributed by atoms with E-state index in [-0.39, 0.29) is 16.9 Å². The van der Waals surface area contributed by atoms with Gasteiger partial charge in [-0.2, -0.15) is 4.31 Å². The molecular formula is C16H24N2O4S. The maximum Gasteiger partial charge on any atom is 0.246 e. The van der Waals surface area contributed by atoms with Crippen LogP contribution in [0.2, 0.25) is 0 Å². The molecule has 1 aromatic carbocycles. The third-order valence-corrected chi connectivity index (χ3v) is 6.50. The van der Waals surface area contributed by atoms with E-state index in [9.17, 15) is 8.42 Å². The molecule has 0 unspecified atom stereocenters. The standard InChI is InChI=1S/C16H24N2O4S/c1-12-4-5-15(21-3)16(6-12)23(19,20)18-8-13-7-17(2)14(9-18)11-22-10-13/h4-6,13-14H,7-11H2,1-3H3/t13-,14+/m1/s1. The van der Waals surface area contributed by atoms with Crippen LogP contribution in [0.3, 0.4) is 0 Å². The second-order valence-corrected chi connectivity index (χ2v) is 8.38. The first kappa shape index (κ1) is 16.7. The molecule has 0 aromatic heterocycles. The van der Waals surface area contributed by atoms with Crippen LogP contribution in [0.4, 0.5) is 0 Å². The van der Waals surface area contributed by atoms with Gasteiger partial charge in [0.05, 0.1) is 20.3 Å². The van der Waals surface area contributed by atoms with E-state index < -0.39 is 10.0 Å². The molecule has 0 N–H and O–H groups in total. The van der Waals surface area contributed by atoms with E-state index in [1.54, 1.807) is 16.4 Å². The van der Waals surface area contributed by atoms with Crippen LogP contribution in [-0.4, -0.2) is 70.7 Å². The van der Waals surface area contributed by atoms with Crippen molar-refractivity contribution in [2.45, 2.75) is 17.9 Å². The Hall–Kier alpha value is -1.15. The molecule has 7 heteroatoms. The van der Waals surface area contributed by atoms with Crippen molar-refractivity contribution in [1.29, 1.82) is 0 Å². The zero-order chi connectivity index (χ0) is 16.6. The number of sulfonamides is 1. The molecule has 2 aliphatic rings. The first-order valence-electron chi connectivity index (χ1n) is 7.84. The highest BCUT2D eigenvalue weighted by molar-refractivity contribution is 7.89. The van der Waals surface area contributed by atoms with E-state index >= 15 is 0 Å². The zero-order valence-corrected chi connectivity index (χ0v) is 14.7. The van der Waals surface area contributed by atoms with Crippen molar-refractivity contribution in [3.05, 3.63) is 23.8 Å². The summed E-state index contributed by atoms with van der Waals surface area (Å²) in [5, 5.41) is 0. The average molecular weight is 340 g/mol. The molecule has 6 nitrogen and oxygen atoms in total. The van der Waals surface area contributed by atoms with E-state index in [1.165, 1.54) is 7.11 Å². The van der Waals surface area contributed by atoms with E-state index in [0.717, 1.165) is 12.1 Å². The lowest BCUT2D eigenvalue weighted by Gasteiger charge is -2.29. The number of methoxy groups -OCH3 is 1. The van der Waals surface area contributed by atoms with Crippen LogP contribution >= 0.6 is 0 Å². The minimum Gasteiger partial charge on any atom is -0.495 e. The fraction of sp³-hybridized carbons (Fsp3) is 0.625. The SMILES string of the molecule is COc1ccc(C)cc1S(=O)(=O)N1C[C@@H]2COC[C@H](C1)N(C)C2. The molecular weight excluding hydrogens is 316 g/mol. The van der Waals surface area contributed by atoms with Gasteiger partial charge in [-0.3, -0.25) is 4.90 Å². The Morgan fingerprint density at radius 2 is 2.00 bits per heavy atom. The van der Waals surface area contributed by atoms with Crippen molar-refractivity contribution in [3.63, 3.8) is 0 Å². The molecule has 0 aliphatic carbocycles. The Bertz CT molecular complexity index is 677. The molecule has 1 aromatic rings. The third kappa shape index (κ3) is 3.24. The molecule has 2 bridgehead atoms. The topological polar surface area (TPSA) is 59.1 Å². The highest BCUT2D eigenvalue weighted by atomic mass is 32.2. The maximum atomic E-state index is 13.2. The van der Waals surface area contributed by atoms with Gasteiger partial charge in [0.1, 0.15) is 10.6 Å². The average Bonchev–Trinajstić information content (AvgIpc) is 2.75. The minimum atomic E-state index is -3.59. The van der Waals surface area contributed by atoms with Crippen LogP contribution < -0.4 is 4.74 Å². The van der Waals surface area contributed by atoms with Gasteiger partial charge in [0.2, 0.25) is 10.0 Å². The number of aryl methyl sites for hydroxylation is 1. The first-order chi connectivity index (χ1) is 10.9. The van der Waals surface area contributed by atoms with Crippen molar-refractivity contribution in [1.82, 2.24) is 9.21 Å². The summed E-state index contributed by atoms with van der Waals surface area (Å²) in [7, 11) is -0.0501. The molecule has 2 fully saturated rings. The van der Waals surface area contributed by atoms with Crippen LogP contribution in [0, 0.1) is 12.8 Å².